The van der Waals surface area contributed by atoms with Gasteiger partial charge in [-0.15, -0.1) is 0 Å². The summed E-state index contributed by atoms with van der Waals surface area (Å²) in [7, 11) is 4.00. The monoisotopic (exact) mass is 321 g/mol. The van der Waals surface area contributed by atoms with E-state index in [4.69, 9.17) is 9.97 Å². The van der Waals surface area contributed by atoms with E-state index in [0.29, 0.717) is 12.0 Å². The average molecular weight is 321 g/mol. The SMILES string of the molecule is CC(C)c1nc(N(C)C)nc(N2CCSC3CCCCC32)n1. The Morgan fingerprint density at radius 1 is 1.14 bits per heavy atom. The molecule has 6 heteroatoms. The molecule has 0 N–H and O–H groups in total. The summed E-state index contributed by atoms with van der Waals surface area (Å²) in [6.07, 6.45) is 5.33. The molecule has 2 aliphatic rings. The lowest BCUT2D eigenvalue weighted by molar-refractivity contribution is 0.417. The van der Waals surface area contributed by atoms with E-state index >= 15 is 0 Å². The first-order valence-electron chi connectivity index (χ1n) is 8.38. The van der Waals surface area contributed by atoms with Gasteiger partial charge in [0.1, 0.15) is 5.82 Å². The lowest BCUT2D eigenvalue weighted by Crippen LogP contribution is -2.50. The molecule has 5 nitrogen and oxygen atoms in total. The third-order valence-electron chi connectivity index (χ3n) is 4.53. The quantitative estimate of drug-likeness (QED) is 0.853. The lowest BCUT2D eigenvalue weighted by atomic mass is 9.93. The molecule has 1 aliphatic heterocycles. The summed E-state index contributed by atoms with van der Waals surface area (Å²) in [5, 5.41) is 0.754. The minimum atomic E-state index is 0.321. The van der Waals surface area contributed by atoms with Crippen molar-refractivity contribution in [2.45, 2.75) is 56.7 Å². The van der Waals surface area contributed by atoms with Crippen LogP contribution in [0.1, 0.15) is 51.3 Å². The predicted molar refractivity (Wildman–Crippen MR) is 94.1 cm³/mol. The Hall–Kier alpha value is -1.04. The molecule has 3 rings (SSSR count). The summed E-state index contributed by atoms with van der Waals surface area (Å²) < 4.78 is 0. The van der Waals surface area contributed by atoms with Gasteiger partial charge in [0.25, 0.3) is 0 Å². The van der Waals surface area contributed by atoms with Gasteiger partial charge in [0.15, 0.2) is 0 Å². The minimum Gasteiger partial charge on any atom is -0.347 e. The first kappa shape index (κ1) is 15.8. The van der Waals surface area contributed by atoms with Crippen LogP contribution in [0.25, 0.3) is 0 Å². The van der Waals surface area contributed by atoms with Crippen LogP contribution in [0.5, 0.6) is 0 Å². The van der Waals surface area contributed by atoms with Gasteiger partial charge in [0.2, 0.25) is 11.9 Å². The Kier molecular flexibility index (Phi) is 4.76. The molecule has 1 aliphatic carbocycles. The van der Waals surface area contributed by atoms with Crippen LogP contribution in [0, 0.1) is 0 Å². The van der Waals surface area contributed by atoms with Crippen molar-refractivity contribution in [2.24, 2.45) is 0 Å². The number of nitrogens with zero attached hydrogens (tertiary/aromatic N) is 5. The van der Waals surface area contributed by atoms with Gasteiger partial charge in [0, 0.05) is 43.6 Å². The van der Waals surface area contributed by atoms with Crippen molar-refractivity contribution in [2.75, 3.05) is 36.2 Å². The fraction of sp³-hybridized carbons (Fsp3) is 0.812. The molecule has 1 aromatic rings. The Morgan fingerprint density at radius 2 is 1.91 bits per heavy atom. The molecule has 2 fully saturated rings. The van der Waals surface area contributed by atoms with Crippen LogP contribution in [-0.4, -0.2) is 52.6 Å². The normalized spacial score (nSPS) is 25.2. The zero-order valence-corrected chi connectivity index (χ0v) is 14.9. The minimum absolute atomic E-state index is 0.321. The highest BCUT2D eigenvalue weighted by molar-refractivity contribution is 8.00. The highest BCUT2D eigenvalue weighted by Crippen LogP contribution is 2.37. The molecule has 2 atom stereocenters. The van der Waals surface area contributed by atoms with Crippen molar-refractivity contribution < 1.29 is 0 Å². The van der Waals surface area contributed by atoms with Crippen LogP contribution in [0.3, 0.4) is 0 Å². The van der Waals surface area contributed by atoms with Crippen LogP contribution in [0.4, 0.5) is 11.9 Å². The Labute approximate surface area is 137 Å². The molecule has 0 aromatic carbocycles. The molecular weight excluding hydrogens is 294 g/mol. The van der Waals surface area contributed by atoms with Crippen LogP contribution < -0.4 is 9.80 Å². The Morgan fingerprint density at radius 3 is 2.64 bits per heavy atom. The van der Waals surface area contributed by atoms with Gasteiger partial charge in [-0.2, -0.15) is 26.7 Å². The lowest BCUT2D eigenvalue weighted by Gasteiger charge is -2.43. The highest BCUT2D eigenvalue weighted by Gasteiger charge is 2.35. The third-order valence-corrected chi connectivity index (χ3v) is 5.93. The van der Waals surface area contributed by atoms with E-state index in [2.05, 4.69) is 35.5 Å². The average Bonchev–Trinajstić information content (AvgIpc) is 2.53. The van der Waals surface area contributed by atoms with E-state index in [1.807, 2.05) is 19.0 Å². The largest absolute Gasteiger partial charge is 0.347 e. The standard InChI is InChI=1S/C16H27N5S/c1-11(2)14-17-15(20(3)4)19-16(18-14)21-9-10-22-13-8-6-5-7-12(13)21/h11-13H,5-10H2,1-4H3. The fourth-order valence-corrected chi connectivity index (χ4v) is 4.74. The second-order valence-corrected chi connectivity index (χ2v) is 8.14. The number of rotatable bonds is 3. The van der Waals surface area contributed by atoms with Crippen molar-refractivity contribution in [3.05, 3.63) is 5.82 Å². The van der Waals surface area contributed by atoms with Crippen molar-refractivity contribution in [1.29, 1.82) is 0 Å². The zero-order valence-electron chi connectivity index (χ0n) is 14.1. The molecule has 2 heterocycles. The summed E-state index contributed by atoms with van der Waals surface area (Å²) in [5.41, 5.74) is 0. The van der Waals surface area contributed by atoms with E-state index in [0.717, 1.165) is 29.5 Å². The highest BCUT2D eigenvalue weighted by atomic mass is 32.2. The van der Waals surface area contributed by atoms with E-state index in [9.17, 15) is 0 Å². The van der Waals surface area contributed by atoms with Gasteiger partial charge in [-0.05, 0) is 12.8 Å². The van der Waals surface area contributed by atoms with Crippen molar-refractivity contribution in [3.63, 3.8) is 0 Å². The molecule has 0 radical (unpaired) electrons. The Bertz CT molecular complexity index is 491. The van der Waals surface area contributed by atoms with E-state index in [-0.39, 0.29) is 0 Å². The molecule has 122 valence electrons. The van der Waals surface area contributed by atoms with Crippen LogP contribution in [0.2, 0.25) is 0 Å². The van der Waals surface area contributed by atoms with Crippen LogP contribution >= 0.6 is 11.8 Å². The number of hydrogen-bond donors (Lipinski definition) is 0. The molecule has 1 aromatic heterocycles. The molecule has 22 heavy (non-hydrogen) atoms. The molecule has 2 unspecified atom stereocenters. The summed E-state index contributed by atoms with van der Waals surface area (Å²) in [6.45, 7) is 5.35. The second-order valence-electron chi connectivity index (χ2n) is 6.80. The van der Waals surface area contributed by atoms with Gasteiger partial charge in [-0.25, -0.2) is 0 Å². The predicted octanol–water partition coefficient (Wildman–Crippen LogP) is 2.93. The number of thioether (sulfide) groups is 1. The first-order chi connectivity index (χ1) is 10.6. The number of aromatic nitrogens is 3. The topological polar surface area (TPSA) is 45.2 Å². The van der Waals surface area contributed by atoms with Gasteiger partial charge in [-0.1, -0.05) is 26.7 Å². The number of hydrogen-bond acceptors (Lipinski definition) is 6. The summed E-state index contributed by atoms with van der Waals surface area (Å²) in [6, 6.07) is 0.602. The van der Waals surface area contributed by atoms with E-state index < -0.39 is 0 Å². The van der Waals surface area contributed by atoms with Gasteiger partial charge >= 0.3 is 0 Å². The summed E-state index contributed by atoms with van der Waals surface area (Å²) in [4.78, 5) is 18.6. The second kappa shape index (κ2) is 6.60. The smallest absolute Gasteiger partial charge is 0.230 e. The van der Waals surface area contributed by atoms with Crippen molar-refractivity contribution in [1.82, 2.24) is 15.0 Å². The zero-order chi connectivity index (χ0) is 15.7. The van der Waals surface area contributed by atoms with Gasteiger partial charge in [0.05, 0.1) is 0 Å². The molecule has 0 bridgehead atoms. The molecule has 0 amide bonds. The van der Waals surface area contributed by atoms with Crippen molar-refractivity contribution >= 4 is 23.7 Å². The Balaban J connectivity index is 1.95. The third kappa shape index (κ3) is 3.16. The fourth-order valence-electron chi connectivity index (χ4n) is 3.30. The summed E-state index contributed by atoms with van der Waals surface area (Å²) >= 11 is 2.14. The van der Waals surface area contributed by atoms with E-state index in [1.54, 1.807) is 0 Å². The summed E-state index contributed by atoms with van der Waals surface area (Å²) in [5.74, 6) is 4.07. The molecule has 1 saturated carbocycles. The number of fused-ring (bicyclic) bond motifs is 1. The molecule has 1 saturated heterocycles. The molecule has 0 spiro atoms. The van der Waals surface area contributed by atoms with Crippen molar-refractivity contribution in [3.8, 4) is 0 Å². The molecular formula is C16H27N5S. The maximum absolute atomic E-state index is 4.80. The van der Waals surface area contributed by atoms with Crippen LogP contribution in [-0.2, 0) is 0 Å². The maximum Gasteiger partial charge on any atom is 0.230 e. The van der Waals surface area contributed by atoms with Crippen LogP contribution in [0.15, 0.2) is 0 Å². The van der Waals surface area contributed by atoms with Gasteiger partial charge in [-0.3, -0.25) is 0 Å². The maximum atomic E-state index is 4.80. The van der Waals surface area contributed by atoms with E-state index in [1.165, 1.54) is 31.4 Å². The first-order valence-corrected chi connectivity index (χ1v) is 9.42. The van der Waals surface area contributed by atoms with Gasteiger partial charge < -0.3 is 9.80 Å². The number of anilines is 2.